The molecule has 1 aromatic rings. The lowest BCUT2D eigenvalue weighted by atomic mass is 9.84. The van der Waals surface area contributed by atoms with Gasteiger partial charge >= 0.3 is 0 Å². The van der Waals surface area contributed by atoms with Crippen molar-refractivity contribution in [3.63, 3.8) is 0 Å². The molecule has 1 aliphatic carbocycles. The van der Waals surface area contributed by atoms with Crippen LogP contribution in [0.25, 0.3) is 0 Å². The second kappa shape index (κ2) is 6.53. The van der Waals surface area contributed by atoms with Gasteiger partial charge in [-0.2, -0.15) is 0 Å². The normalized spacial score (nSPS) is 18.8. The predicted octanol–water partition coefficient (Wildman–Crippen LogP) is 4.54. The number of hydrogen-bond acceptors (Lipinski definition) is 1. The summed E-state index contributed by atoms with van der Waals surface area (Å²) >= 11 is 5.78. The van der Waals surface area contributed by atoms with Crippen molar-refractivity contribution >= 4 is 11.6 Å². The van der Waals surface area contributed by atoms with E-state index in [4.69, 9.17) is 11.6 Å². The molecule has 1 fully saturated rings. The summed E-state index contributed by atoms with van der Waals surface area (Å²) in [6, 6.07) is 5.46. The van der Waals surface area contributed by atoms with Crippen molar-refractivity contribution in [3.8, 4) is 0 Å². The fourth-order valence-corrected chi connectivity index (χ4v) is 2.93. The van der Waals surface area contributed by atoms with E-state index in [1.807, 2.05) is 0 Å². The first kappa shape index (κ1) is 13.8. The zero-order chi connectivity index (χ0) is 13.0. The van der Waals surface area contributed by atoms with Gasteiger partial charge in [0, 0.05) is 12.6 Å². The summed E-state index contributed by atoms with van der Waals surface area (Å²) in [7, 11) is 0. The highest BCUT2D eigenvalue weighted by Crippen LogP contribution is 2.26. The van der Waals surface area contributed by atoms with Crippen LogP contribution in [0.1, 0.15) is 44.6 Å². The van der Waals surface area contributed by atoms with E-state index in [-0.39, 0.29) is 10.8 Å². The Morgan fingerprint density at radius 1 is 1.33 bits per heavy atom. The highest BCUT2D eigenvalue weighted by Gasteiger charge is 2.19. The van der Waals surface area contributed by atoms with E-state index in [1.165, 1.54) is 38.2 Å². The third kappa shape index (κ3) is 3.69. The number of benzene rings is 1. The van der Waals surface area contributed by atoms with Gasteiger partial charge in [-0.1, -0.05) is 36.9 Å². The Bertz CT molecular complexity index is 388. The van der Waals surface area contributed by atoms with Crippen molar-refractivity contribution in [2.45, 2.75) is 51.6 Å². The van der Waals surface area contributed by atoms with Crippen LogP contribution in [0.15, 0.2) is 18.2 Å². The molecule has 1 atom stereocenters. The Kier molecular flexibility index (Phi) is 5.02. The van der Waals surface area contributed by atoms with Gasteiger partial charge in [0.15, 0.2) is 0 Å². The summed E-state index contributed by atoms with van der Waals surface area (Å²) in [6.45, 7) is 3.01. The third-order valence-corrected chi connectivity index (χ3v) is 4.26. The minimum Gasteiger partial charge on any atom is -0.310 e. The molecule has 1 N–H and O–H groups in total. The third-order valence-electron chi connectivity index (χ3n) is 3.97. The lowest BCUT2D eigenvalue weighted by Gasteiger charge is -2.28. The minimum atomic E-state index is -0.347. The van der Waals surface area contributed by atoms with Gasteiger partial charge in [-0.15, -0.1) is 0 Å². The van der Waals surface area contributed by atoms with Crippen LogP contribution in [0.5, 0.6) is 0 Å². The molecule has 3 heteroatoms. The second-order valence-electron chi connectivity index (χ2n) is 5.32. The molecule has 1 aliphatic rings. The molecule has 0 amide bonds. The van der Waals surface area contributed by atoms with Crippen molar-refractivity contribution < 1.29 is 4.39 Å². The minimum absolute atomic E-state index is 0.208. The maximum Gasteiger partial charge on any atom is 0.141 e. The zero-order valence-electron chi connectivity index (χ0n) is 10.9. The van der Waals surface area contributed by atoms with Crippen LogP contribution in [0.3, 0.4) is 0 Å². The van der Waals surface area contributed by atoms with Crippen molar-refractivity contribution in [2.75, 3.05) is 0 Å². The van der Waals surface area contributed by atoms with Crippen molar-refractivity contribution in [1.29, 1.82) is 0 Å². The summed E-state index contributed by atoms with van der Waals surface area (Å²) < 4.78 is 13.0. The molecule has 18 heavy (non-hydrogen) atoms. The van der Waals surface area contributed by atoms with Gasteiger partial charge in [-0.3, -0.25) is 0 Å². The lowest BCUT2D eigenvalue weighted by molar-refractivity contribution is 0.280. The highest BCUT2D eigenvalue weighted by molar-refractivity contribution is 6.30. The van der Waals surface area contributed by atoms with E-state index in [0.29, 0.717) is 6.04 Å². The second-order valence-corrected chi connectivity index (χ2v) is 5.72. The first-order chi connectivity index (χ1) is 8.66. The van der Waals surface area contributed by atoms with E-state index in [2.05, 4.69) is 12.2 Å². The molecule has 0 radical (unpaired) electrons. The Morgan fingerprint density at radius 3 is 2.72 bits per heavy atom. The summed E-state index contributed by atoms with van der Waals surface area (Å²) in [5, 5.41) is 3.74. The molecule has 1 nitrogen and oxygen atoms in total. The summed E-state index contributed by atoms with van der Waals surface area (Å²) in [5.74, 6) is 0.440. The molecule has 0 unspecified atom stereocenters. The SMILES string of the molecule is C[C@@H](NCc1ccc(F)c(Cl)c1)C1CCCCC1. The van der Waals surface area contributed by atoms with Crippen LogP contribution in [0, 0.1) is 11.7 Å². The maximum atomic E-state index is 13.0. The largest absolute Gasteiger partial charge is 0.310 e. The molecule has 100 valence electrons. The standard InChI is InChI=1S/C15H21ClFN/c1-11(13-5-3-2-4-6-13)18-10-12-7-8-15(17)14(16)9-12/h7-9,11,13,18H,2-6,10H2,1H3/t11-/m1/s1. The van der Waals surface area contributed by atoms with Gasteiger partial charge in [0.1, 0.15) is 5.82 Å². The van der Waals surface area contributed by atoms with Crippen LogP contribution < -0.4 is 5.32 Å². The molecule has 0 saturated heterocycles. The molecule has 2 rings (SSSR count). The van der Waals surface area contributed by atoms with Gasteiger partial charge in [-0.05, 0) is 43.4 Å². The number of halogens is 2. The highest BCUT2D eigenvalue weighted by atomic mass is 35.5. The van der Waals surface area contributed by atoms with E-state index in [1.54, 1.807) is 12.1 Å². The summed E-state index contributed by atoms with van der Waals surface area (Å²) in [6.07, 6.45) is 6.77. The molecule has 1 saturated carbocycles. The molecule has 0 heterocycles. The maximum absolute atomic E-state index is 13.0. The fourth-order valence-electron chi connectivity index (χ4n) is 2.73. The van der Waals surface area contributed by atoms with Crippen LogP contribution in [-0.4, -0.2) is 6.04 Å². The molecule has 0 aromatic heterocycles. The monoisotopic (exact) mass is 269 g/mol. The zero-order valence-corrected chi connectivity index (χ0v) is 11.6. The van der Waals surface area contributed by atoms with Crippen molar-refractivity contribution in [2.24, 2.45) is 5.92 Å². The van der Waals surface area contributed by atoms with Crippen molar-refractivity contribution in [1.82, 2.24) is 5.32 Å². The molecule has 1 aromatic carbocycles. The quantitative estimate of drug-likeness (QED) is 0.846. The Labute approximate surface area is 114 Å². The van der Waals surface area contributed by atoms with Crippen LogP contribution >= 0.6 is 11.6 Å². The van der Waals surface area contributed by atoms with Crippen LogP contribution in [0.2, 0.25) is 5.02 Å². The predicted molar refractivity (Wildman–Crippen MR) is 74.3 cm³/mol. The first-order valence-corrected chi connectivity index (χ1v) is 7.22. The molecular weight excluding hydrogens is 249 g/mol. The Morgan fingerprint density at radius 2 is 2.06 bits per heavy atom. The summed E-state index contributed by atoms with van der Waals surface area (Å²) in [5.41, 5.74) is 1.05. The summed E-state index contributed by atoms with van der Waals surface area (Å²) in [4.78, 5) is 0. The van der Waals surface area contributed by atoms with Gasteiger partial charge in [0.25, 0.3) is 0 Å². The number of rotatable bonds is 4. The Hall–Kier alpha value is -0.600. The van der Waals surface area contributed by atoms with Crippen LogP contribution in [0.4, 0.5) is 4.39 Å². The van der Waals surface area contributed by atoms with Gasteiger partial charge in [0.05, 0.1) is 5.02 Å². The molecule has 0 aliphatic heterocycles. The fraction of sp³-hybridized carbons (Fsp3) is 0.600. The van der Waals surface area contributed by atoms with E-state index < -0.39 is 0 Å². The van der Waals surface area contributed by atoms with Gasteiger partial charge < -0.3 is 5.32 Å². The topological polar surface area (TPSA) is 12.0 Å². The average Bonchev–Trinajstić information content (AvgIpc) is 2.41. The Balaban J connectivity index is 1.84. The average molecular weight is 270 g/mol. The molecule has 0 bridgehead atoms. The first-order valence-electron chi connectivity index (χ1n) is 6.84. The van der Waals surface area contributed by atoms with E-state index >= 15 is 0 Å². The smallest absolute Gasteiger partial charge is 0.141 e. The van der Waals surface area contributed by atoms with Gasteiger partial charge in [-0.25, -0.2) is 4.39 Å². The number of nitrogens with one attached hydrogen (secondary N) is 1. The lowest BCUT2D eigenvalue weighted by Crippen LogP contribution is -2.34. The van der Waals surface area contributed by atoms with Crippen LogP contribution in [-0.2, 0) is 6.54 Å². The van der Waals surface area contributed by atoms with E-state index in [0.717, 1.165) is 18.0 Å². The van der Waals surface area contributed by atoms with Crippen molar-refractivity contribution in [3.05, 3.63) is 34.6 Å². The number of hydrogen-bond donors (Lipinski definition) is 1. The molecular formula is C15H21ClFN. The van der Waals surface area contributed by atoms with E-state index in [9.17, 15) is 4.39 Å². The molecule has 0 spiro atoms. The van der Waals surface area contributed by atoms with Gasteiger partial charge in [0.2, 0.25) is 0 Å².